The highest BCUT2D eigenvalue weighted by Gasteiger charge is 2.21. The Kier molecular flexibility index (Phi) is 5.16. The molecule has 2 heterocycles. The van der Waals surface area contributed by atoms with Gasteiger partial charge in [-0.15, -0.1) is 0 Å². The summed E-state index contributed by atoms with van der Waals surface area (Å²) < 4.78 is 18.8. The zero-order chi connectivity index (χ0) is 18.6. The van der Waals surface area contributed by atoms with Crippen LogP contribution in [-0.2, 0) is 6.42 Å². The topological polar surface area (TPSA) is 45.4 Å². The molecular formula is C21H23FN4O. The molecule has 0 unspecified atom stereocenters. The van der Waals surface area contributed by atoms with Crippen molar-refractivity contribution in [1.82, 2.24) is 15.0 Å². The van der Waals surface area contributed by atoms with Gasteiger partial charge in [0.1, 0.15) is 5.82 Å². The first kappa shape index (κ1) is 17.7. The summed E-state index contributed by atoms with van der Waals surface area (Å²) in [6, 6.07) is 15.5. The summed E-state index contributed by atoms with van der Waals surface area (Å²) in [5.41, 5.74) is 3.30. The zero-order valence-electron chi connectivity index (χ0n) is 15.4. The number of aromatic nitrogens is 2. The van der Waals surface area contributed by atoms with Gasteiger partial charge in [-0.1, -0.05) is 47.1 Å². The fraction of sp³-hybridized carbons (Fsp3) is 0.333. The van der Waals surface area contributed by atoms with Crippen molar-refractivity contribution >= 4 is 6.01 Å². The minimum Gasteiger partial charge on any atom is -0.322 e. The van der Waals surface area contributed by atoms with Crippen molar-refractivity contribution in [2.75, 3.05) is 37.6 Å². The van der Waals surface area contributed by atoms with E-state index < -0.39 is 0 Å². The predicted molar refractivity (Wildman–Crippen MR) is 103 cm³/mol. The lowest BCUT2D eigenvalue weighted by atomic mass is 10.1. The summed E-state index contributed by atoms with van der Waals surface area (Å²) in [4.78, 5) is 8.99. The molecule has 6 heteroatoms. The Hall–Kier alpha value is -2.73. The minimum atomic E-state index is -0.305. The summed E-state index contributed by atoms with van der Waals surface area (Å²) in [6.45, 7) is 6.78. The maximum atomic E-state index is 13.4. The van der Waals surface area contributed by atoms with Crippen LogP contribution in [0.3, 0.4) is 0 Å². The number of hydrogen-bond acceptors (Lipinski definition) is 5. The molecule has 0 N–H and O–H groups in total. The highest BCUT2D eigenvalue weighted by Crippen LogP contribution is 2.21. The largest absolute Gasteiger partial charge is 0.324 e. The first-order valence-electron chi connectivity index (χ1n) is 9.30. The second-order valence-corrected chi connectivity index (χ2v) is 6.98. The SMILES string of the molecule is Cc1ccc(CCN2CCN(c3nc(-c4cccc(F)c4)no3)CC2)cc1. The van der Waals surface area contributed by atoms with E-state index >= 15 is 0 Å². The number of aryl methyl sites for hydroxylation is 1. The number of anilines is 1. The first-order chi connectivity index (χ1) is 13.2. The maximum Gasteiger partial charge on any atom is 0.324 e. The molecule has 0 spiro atoms. The van der Waals surface area contributed by atoms with Crippen LogP contribution in [0.4, 0.5) is 10.4 Å². The van der Waals surface area contributed by atoms with Crippen LogP contribution < -0.4 is 4.90 Å². The van der Waals surface area contributed by atoms with Crippen molar-refractivity contribution in [3.63, 3.8) is 0 Å². The Labute approximate surface area is 158 Å². The van der Waals surface area contributed by atoms with Gasteiger partial charge in [0.25, 0.3) is 0 Å². The number of halogens is 1. The number of rotatable bonds is 5. The van der Waals surface area contributed by atoms with E-state index in [-0.39, 0.29) is 5.82 Å². The van der Waals surface area contributed by atoms with Gasteiger partial charge in [-0.2, -0.15) is 4.98 Å². The normalized spacial score (nSPS) is 15.3. The summed E-state index contributed by atoms with van der Waals surface area (Å²) in [6.07, 6.45) is 1.06. The maximum absolute atomic E-state index is 13.4. The second-order valence-electron chi connectivity index (χ2n) is 6.98. The number of piperazine rings is 1. The Bertz CT molecular complexity index is 885. The van der Waals surface area contributed by atoms with Gasteiger partial charge in [-0.05, 0) is 31.0 Å². The van der Waals surface area contributed by atoms with Crippen LogP contribution in [0.15, 0.2) is 53.1 Å². The zero-order valence-corrected chi connectivity index (χ0v) is 15.4. The fourth-order valence-electron chi connectivity index (χ4n) is 3.29. The van der Waals surface area contributed by atoms with Crippen LogP contribution in [0.2, 0.25) is 0 Å². The molecule has 4 rings (SSSR count). The van der Waals surface area contributed by atoms with Gasteiger partial charge in [0.2, 0.25) is 5.82 Å². The lowest BCUT2D eigenvalue weighted by Gasteiger charge is -2.33. The monoisotopic (exact) mass is 366 g/mol. The molecule has 3 aromatic rings. The van der Waals surface area contributed by atoms with E-state index in [0.29, 0.717) is 17.4 Å². The van der Waals surface area contributed by atoms with Gasteiger partial charge < -0.3 is 9.42 Å². The number of nitrogens with zero attached hydrogens (tertiary/aromatic N) is 4. The average Bonchev–Trinajstić information content (AvgIpc) is 3.18. The molecule has 1 aliphatic heterocycles. The molecule has 140 valence electrons. The molecule has 1 aromatic heterocycles. The summed E-state index contributed by atoms with van der Waals surface area (Å²) in [5.74, 6) is 0.118. The Morgan fingerprint density at radius 1 is 1.04 bits per heavy atom. The van der Waals surface area contributed by atoms with Crippen molar-refractivity contribution < 1.29 is 8.91 Å². The minimum absolute atomic E-state index is 0.305. The fourth-order valence-corrected chi connectivity index (χ4v) is 3.29. The molecule has 0 atom stereocenters. The molecule has 0 aliphatic carbocycles. The van der Waals surface area contributed by atoms with Gasteiger partial charge in [0.15, 0.2) is 0 Å². The first-order valence-corrected chi connectivity index (χ1v) is 9.30. The van der Waals surface area contributed by atoms with E-state index in [0.717, 1.165) is 39.1 Å². The standard InChI is InChI=1S/C21H23FN4O/c1-16-5-7-17(8-6-16)9-10-25-11-13-26(14-12-25)21-23-20(24-27-21)18-3-2-4-19(22)15-18/h2-8,15H,9-14H2,1H3. The van der Waals surface area contributed by atoms with E-state index in [1.54, 1.807) is 12.1 Å². The number of hydrogen-bond donors (Lipinski definition) is 0. The van der Waals surface area contributed by atoms with Gasteiger partial charge in [-0.25, -0.2) is 4.39 Å². The Morgan fingerprint density at radius 3 is 2.56 bits per heavy atom. The number of benzene rings is 2. The van der Waals surface area contributed by atoms with E-state index in [9.17, 15) is 4.39 Å². The molecule has 0 radical (unpaired) electrons. The van der Waals surface area contributed by atoms with Crippen molar-refractivity contribution in [2.45, 2.75) is 13.3 Å². The van der Waals surface area contributed by atoms with E-state index in [4.69, 9.17) is 4.52 Å². The quantitative estimate of drug-likeness (QED) is 0.691. The summed E-state index contributed by atoms with van der Waals surface area (Å²) in [5, 5.41) is 4.00. The average molecular weight is 366 g/mol. The third kappa shape index (κ3) is 4.34. The molecule has 1 fully saturated rings. The highest BCUT2D eigenvalue weighted by molar-refractivity contribution is 5.55. The van der Waals surface area contributed by atoms with Crippen LogP contribution in [-0.4, -0.2) is 47.8 Å². The molecule has 1 aliphatic rings. The molecular weight excluding hydrogens is 343 g/mol. The third-order valence-corrected chi connectivity index (χ3v) is 4.98. The van der Waals surface area contributed by atoms with Gasteiger partial charge in [0.05, 0.1) is 0 Å². The van der Waals surface area contributed by atoms with Crippen molar-refractivity contribution in [2.24, 2.45) is 0 Å². The second kappa shape index (κ2) is 7.88. The van der Waals surface area contributed by atoms with Crippen LogP contribution in [0.25, 0.3) is 11.4 Å². The lowest BCUT2D eigenvalue weighted by molar-refractivity contribution is 0.253. The van der Waals surface area contributed by atoms with E-state index in [2.05, 4.69) is 51.1 Å². The summed E-state index contributed by atoms with van der Waals surface area (Å²) in [7, 11) is 0. The Balaban J connectivity index is 1.31. The van der Waals surface area contributed by atoms with Gasteiger partial charge in [-0.3, -0.25) is 4.90 Å². The van der Waals surface area contributed by atoms with Gasteiger partial charge >= 0.3 is 6.01 Å². The van der Waals surface area contributed by atoms with Crippen molar-refractivity contribution in [3.05, 3.63) is 65.5 Å². The van der Waals surface area contributed by atoms with Crippen molar-refractivity contribution in [1.29, 1.82) is 0 Å². The van der Waals surface area contributed by atoms with E-state index in [1.165, 1.54) is 23.3 Å². The predicted octanol–water partition coefficient (Wildman–Crippen LogP) is 3.55. The molecule has 0 amide bonds. The van der Waals surface area contributed by atoms with Crippen LogP contribution in [0.5, 0.6) is 0 Å². The highest BCUT2D eigenvalue weighted by atomic mass is 19.1. The summed E-state index contributed by atoms with van der Waals surface area (Å²) >= 11 is 0. The van der Waals surface area contributed by atoms with Crippen LogP contribution in [0.1, 0.15) is 11.1 Å². The molecule has 2 aromatic carbocycles. The molecule has 5 nitrogen and oxygen atoms in total. The molecule has 0 saturated carbocycles. The molecule has 27 heavy (non-hydrogen) atoms. The smallest absolute Gasteiger partial charge is 0.322 e. The molecule has 1 saturated heterocycles. The van der Waals surface area contributed by atoms with Crippen LogP contribution in [0, 0.1) is 12.7 Å². The van der Waals surface area contributed by atoms with E-state index in [1.807, 2.05) is 0 Å². The van der Waals surface area contributed by atoms with Crippen LogP contribution >= 0.6 is 0 Å². The van der Waals surface area contributed by atoms with Crippen molar-refractivity contribution in [3.8, 4) is 11.4 Å². The third-order valence-electron chi connectivity index (χ3n) is 4.98. The molecule has 0 bridgehead atoms. The Morgan fingerprint density at radius 2 is 1.81 bits per heavy atom. The van der Waals surface area contributed by atoms with Gasteiger partial charge in [0, 0.05) is 38.3 Å². The lowest BCUT2D eigenvalue weighted by Crippen LogP contribution is -2.47.